The van der Waals surface area contributed by atoms with Crippen LogP contribution in [0.15, 0.2) is 30.6 Å². The summed E-state index contributed by atoms with van der Waals surface area (Å²) in [6, 6.07) is 6.01. The highest BCUT2D eigenvalue weighted by molar-refractivity contribution is 5.97. The molecule has 0 spiro atoms. The zero-order valence-electron chi connectivity index (χ0n) is 18.1. The monoisotopic (exact) mass is 417 g/mol. The molecule has 2 N–H and O–H groups in total. The highest BCUT2D eigenvalue weighted by atomic mass is 16.5. The number of nitrogen functional groups attached to an aromatic ring is 1. The third-order valence-electron chi connectivity index (χ3n) is 6.23. The molecule has 31 heavy (non-hydrogen) atoms. The van der Waals surface area contributed by atoms with Gasteiger partial charge in [-0.15, -0.1) is 0 Å². The van der Waals surface area contributed by atoms with Crippen molar-refractivity contribution in [3.63, 3.8) is 0 Å². The number of amides is 1. The Balaban J connectivity index is 1.45. The number of pyridine rings is 3. The Morgan fingerprint density at radius 1 is 1.26 bits per heavy atom. The summed E-state index contributed by atoms with van der Waals surface area (Å²) in [6.07, 6.45) is 5.88. The minimum atomic E-state index is -0.110. The molecule has 1 fully saturated rings. The number of anilines is 1. The Morgan fingerprint density at radius 2 is 2.06 bits per heavy atom. The fraction of sp³-hybridized carbons (Fsp3) is 0.417. The maximum Gasteiger partial charge on any atom is 0.273 e. The van der Waals surface area contributed by atoms with E-state index in [-0.39, 0.29) is 18.1 Å². The molecule has 0 radical (unpaired) electrons. The summed E-state index contributed by atoms with van der Waals surface area (Å²) in [5.41, 5.74) is 11.3. The van der Waals surface area contributed by atoms with Crippen molar-refractivity contribution in [3.8, 4) is 0 Å². The maximum absolute atomic E-state index is 13.4. The molecule has 4 heterocycles. The van der Waals surface area contributed by atoms with Crippen molar-refractivity contribution in [2.24, 2.45) is 0 Å². The number of nitrogens with zero attached hydrogens (tertiary/aromatic N) is 4. The van der Waals surface area contributed by atoms with Crippen molar-refractivity contribution in [2.45, 2.75) is 64.8 Å². The number of carbonyl (C=O) groups excluding carboxylic acids is 1. The Morgan fingerprint density at radius 3 is 2.74 bits per heavy atom. The van der Waals surface area contributed by atoms with Gasteiger partial charge in [0, 0.05) is 41.3 Å². The van der Waals surface area contributed by atoms with Gasteiger partial charge in [-0.3, -0.25) is 9.78 Å². The van der Waals surface area contributed by atoms with E-state index in [1.165, 1.54) is 12.8 Å². The first-order valence-electron chi connectivity index (χ1n) is 10.9. The van der Waals surface area contributed by atoms with Gasteiger partial charge in [0.25, 0.3) is 5.91 Å². The van der Waals surface area contributed by atoms with E-state index in [2.05, 4.69) is 27.1 Å². The number of rotatable bonds is 5. The quantitative estimate of drug-likeness (QED) is 0.671. The van der Waals surface area contributed by atoms with E-state index in [4.69, 9.17) is 10.5 Å². The summed E-state index contributed by atoms with van der Waals surface area (Å²) >= 11 is 0. The summed E-state index contributed by atoms with van der Waals surface area (Å²) in [4.78, 5) is 28.7. The summed E-state index contributed by atoms with van der Waals surface area (Å²) < 4.78 is 5.77. The molecule has 5 rings (SSSR count). The van der Waals surface area contributed by atoms with E-state index >= 15 is 0 Å². The van der Waals surface area contributed by atoms with E-state index in [0.717, 1.165) is 27.8 Å². The number of ether oxygens (including phenoxy) is 1. The van der Waals surface area contributed by atoms with Gasteiger partial charge in [-0.05, 0) is 56.9 Å². The smallest absolute Gasteiger partial charge is 0.273 e. The van der Waals surface area contributed by atoms with Crippen LogP contribution in [0.25, 0.3) is 10.9 Å². The van der Waals surface area contributed by atoms with Crippen molar-refractivity contribution in [3.05, 3.63) is 58.7 Å². The number of fused-ring (bicyclic) bond motifs is 3. The van der Waals surface area contributed by atoms with Crippen molar-refractivity contribution < 1.29 is 9.53 Å². The number of hydrogen-bond donors (Lipinski definition) is 1. The molecule has 2 aliphatic rings. The summed E-state index contributed by atoms with van der Waals surface area (Å²) in [5.74, 6) is 0.981. The van der Waals surface area contributed by atoms with Crippen LogP contribution >= 0.6 is 0 Å². The predicted octanol–water partition coefficient (Wildman–Crippen LogP) is 4.13. The second kappa shape index (κ2) is 7.57. The lowest BCUT2D eigenvalue weighted by atomic mass is 10.0. The zero-order valence-corrected chi connectivity index (χ0v) is 18.1. The number of carbonyl (C=O) groups is 1. The van der Waals surface area contributed by atoms with Crippen LogP contribution < -0.4 is 5.73 Å². The van der Waals surface area contributed by atoms with Gasteiger partial charge < -0.3 is 15.4 Å². The molecule has 160 valence electrons. The summed E-state index contributed by atoms with van der Waals surface area (Å²) in [6.45, 7) is 6.95. The average Bonchev–Trinajstić information content (AvgIpc) is 3.53. The normalized spacial score (nSPS) is 17.9. The van der Waals surface area contributed by atoms with Gasteiger partial charge in [-0.2, -0.15) is 0 Å². The topological polar surface area (TPSA) is 94.2 Å². The van der Waals surface area contributed by atoms with Gasteiger partial charge in [-0.1, -0.05) is 6.07 Å². The van der Waals surface area contributed by atoms with Crippen LogP contribution in [-0.4, -0.2) is 31.8 Å². The minimum Gasteiger partial charge on any atom is -0.383 e. The molecule has 1 saturated carbocycles. The third kappa shape index (κ3) is 3.63. The first-order valence-corrected chi connectivity index (χ1v) is 10.9. The van der Waals surface area contributed by atoms with Crippen molar-refractivity contribution in [1.82, 2.24) is 19.9 Å². The van der Waals surface area contributed by atoms with Crippen LogP contribution in [0.5, 0.6) is 0 Å². The Labute approximate surface area is 181 Å². The van der Waals surface area contributed by atoms with Crippen LogP contribution in [0, 0.1) is 0 Å². The highest BCUT2D eigenvalue weighted by Crippen LogP contribution is 2.39. The molecule has 3 aromatic heterocycles. The summed E-state index contributed by atoms with van der Waals surface area (Å²) in [7, 11) is 0. The number of hydrogen-bond acceptors (Lipinski definition) is 6. The lowest BCUT2D eigenvalue weighted by Gasteiger charge is -2.26. The molecule has 7 nitrogen and oxygen atoms in total. The molecule has 0 aromatic carbocycles. The van der Waals surface area contributed by atoms with E-state index in [0.29, 0.717) is 36.1 Å². The van der Waals surface area contributed by atoms with Gasteiger partial charge in [-0.25, -0.2) is 9.97 Å². The molecule has 0 unspecified atom stereocenters. The van der Waals surface area contributed by atoms with Gasteiger partial charge in [0.2, 0.25) is 0 Å². The standard InChI is InChI=1S/C24H27N5O2/c1-13(2)29(11-15-4-7-19(26-9-15)16-5-6-16)24(30)20-8-17-18-12-31-14(3)22(18)23(25)28-21(17)10-27-20/h4,7-10,13-14,16H,5-6,11-12H2,1-3H3,(H2,25,28)/t14-/m1/s1. The minimum absolute atomic E-state index is 0.0201. The number of aromatic nitrogens is 3. The first-order chi connectivity index (χ1) is 14.9. The molecule has 3 aromatic rings. The maximum atomic E-state index is 13.4. The fourth-order valence-electron chi connectivity index (χ4n) is 4.27. The molecule has 1 aliphatic carbocycles. The van der Waals surface area contributed by atoms with Crippen LogP contribution in [0.3, 0.4) is 0 Å². The van der Waals surface area contributed by atoms with Crippen molar-refractivity contribution in [2.75, 3.05) is 5.73 Å². The lowest BCUT2D eigenvalue weighted by molar-refractivity contribution is 0.0684. The molecule has 0 bridgehead atoms. The summed E-state index contributed by atoms with van der Waals surface area (Å²) in [5, 5.41) is 0.881. The number of nitrogens with two attached hydrogens (primary N) is 1. The third-order valence-corrected chi connectivity index (χ3v) is 6.23. The highest BCUT2D eigenvalue weighted by Gasteiger charge is 2.28. The van der Waals surface area contributed by atoms with Gasteiger partial charge in [0.05, 0.1) is 24.4 Å². The van der Waals surface area contributed by atoms with E-state index in [1.54, 1.807) is 6.20 Å². The van der Waals surface area contributed by atoms with E-state index < -0.39 is 0 Å². The van der Waals surface area contributed by atoms with Crippen molar-refractivity contribution >= 4 is 22.6 Å². The van der Waals surface area contributed by atoms with Gasteiger partial charge in [0.15, 0.2) is 0 Å². The second-order valence-electron chi connectivity index (χ2n) is 8.82. The van der Waals surface area contributed by atoms with Gasteiger partial charge >= 0.3 is 0 Å². The first kappa shape index (κ1) is 19.9. The molecule has 1 amide bonds. The van der Waals surface area contributed by atoms with Crippen LogP contribution in [0.1, 0.15) is 78.5 Å². The van der Waals surface area contributed by atoms with Crippen LogP contribution in [-0.2, 0) is 17.9 Å². The molecular formula is C24H27N5O2. The van der Waals surface area contributed by atoms with E-state index in [1.807, 2.05) is 37.9 Å². The fourth-order valence-corrected chi connectivity index (χ4v) is 4.27. The largest absolute Gasteiger partial charge is 0.383 e. The lowest BCUT2D eigenvalue weighted by Crippen LogP contribution is -2.36. The average molecular weight is 418 g/mol. The molecule has 0 saturated heterocycles. The van der Waals surface area contributed by atoms with Crippen LogP contribution in [0.2, 0.25) is 0 Å². The predicted molar refractivity (Wildman–Crippen MR) is 118 cm³/mol. The molecule has 1 aliphatic heterocycles. The molecule has 1 atom stereocenters. The Hall–Kier alpha value is -3.06. The molecule has 7 heteroatoms. The Kier molecular flexibility index (Phi) is 4.85. The van der Waals surface area contributed by atoms with Crippen LogP contribution in [0.4, 0.5) is 5.82 Å². The van der Waals surface area contributed by atoms with E-state index in [9.17, 15) is 4.79 Å². The Bertz CT molecular complexity index is 1150. The zero-order chi connectivity index (χ0) is 21.7. The van der Waals surface area contributed by atoms with Gasteiger partial charge in [0.1, 0.15) is 11.5 Å². The SMILES string of the molecule is CC(C)N(Cc1ccc(C2CC2)nc1)C(=O)c1cc2c3c(c(N)nc2cn1)[C@@H](C)OC3. The molecular weight excluding hydrogens is 390 g/mol. The van der Waals surface area contributed by atoms with Crippen molar-refractivity contribution in [1.29, 1.82) is 0 Å². The second-order valence-corrected chi connectivity index (χ2v) is 8.82.